The van der Waals surface area contributed by atoms with Crippen molar-refractivity contribution in [3.8, 4) is 11.5 Å². The SMILES string of the molecule is COc1ccc(Cl)cc1NC(=O)C[NH+](C)CCOc1ccccc1. The number of hydrogen-bond donors (Lipinski definition) is 2. The van der Waals surface area contributed by atoms with Crippen LogP contribution >= 0.6 is 11.6 Å². The summed E-state index contributed by atoms with van der Waals surface area (Å²) in [7, 11) is 3.50. The summed E-state index contributed by atoms with van der Waals surface area (Å²) in [5.74, 6) is 1.31. The third kappa shape index (κ3) is 5.76. The molecule has 0 aromatic heterocycles. The van der Waals surface area contributed by atoms with Gasteiger partial charge in [0.2, 0.25) is 0 Å². The summed E-state index contributed by atoms with van der Waals surface area (Å²) in [5.41, 5.74) is 0.573. The minimum absolute atomic E-state index is 0.104. The first-order valence-corrected chi connectivity index (χ1v) is 8.09. The Labute approximate surface area is 147 Å². The molecule has 0 aliphatic heterocycles. The number of anilines is 1. The Balaban J connectivity index is 1.78. The molecule has 2 aromatic rings. The van der Waals surface area contributed by atoms with E-state index in [1.807, 2.05) is 37.4 Å². The molecule has 0 fully saturated rings. The molecule has 1 atom stereocenters. The van der Waals surface area contributed by atoms with Crippen LogP contribution in [0.25, 0.3) is 0 Å². The normalized spacial score (nSPS) is 11.6. The van der Waals surface area contributed by atoms with Crippen LogP contribution in [0.1, 0.15) is 0 Å². The van der Waals surface area contributed by atoms with Gasteiger partial charge in [-0.25, -0.2) is 0 Å². The van der Waals surface area contributed by atoms with Gasteiger partial charge in [0, 0.05) is 5.02 Å². The number of halogens is 1. The largest absolute Gasteiger partial charge is 0.495 e. The van der Waals surface area contributed by atoms with Crippen LogP contribution in [0.4, 0.5) is 5.69 Å². The Morgan fingerprint density at radius 3 is 2.67 bits per heavy atom. The second-order valence-corrected chi connectivity index (χ2v) is 5.87. The lowest BCUT2D eigenvalue weighted by Gasteiger charge is -2.15. The minimum atomic E-state index is -0.104. The lowest BCUT2D eigenvalue weighted by Crippen LogP contribution is -3.10. The van der Waals surface area contributed by atoms with Crippen LogP contribution in [0.15, 0.2) is 48.5 Å². The highest BCUT2D eigenvalue weighted by Gasteiger charge is 2.13. The number of methoxy groups -OCH3 is 1. The van der Waals surface area contributed by atoms with Crippen molar-refractivity contribution in [2.45, 2.75) is 0 Å². The summed E-state index contributed by atoms with van der Waals surface area (Å²) in [4.78, 5) is 13.2. The van der Waals surface area contributed by atoms with Gasteiger partial charge in [-0.1, -0.05) is 29.8 Å². The number of quaternary nitrogens is 1. The number of rotatable bonds is 8. The van der Waals surface area contributed by atoms with Gasteiger partial charge in [0.25, 0.3) is 5.91 Å². The van der Waals surface area contributed by atoms with Crippen molar-refractivity contribution in [2.75, 3.05) is 39.2 Å². The molecule has 0 heterocycles. The van der Waals surface area contributed by atoms with Gasteiger partial charge in [-0.2, -0.15) is 0 Å². The number of carbonyl (C=O) groups is 1. The van der Waals surface area contributed by atoms with E-state index < -0.39 is 0 Å². The van der Waals surface area contributed by atoms with E-state index in [-0.39, 0.29) is 5.91 Å². The Morgan fingerprint density at radius 1 is 1.21 bits per heavy atom. The number of amides is 1. The summed E-state index contributed by atoms with van der Waals surface area (Å²) in [6.45, 7) is 1.59. The van der Waals surface area contributed by atoms with Crippen molar-refractivity contribution < 1.29 is 19.2 Å². The lowest BCUT2D eigenvalue weighted by molar-refractivity contribution is -0.871. The molecule has 6 heteroatoms. The number of carbonyl (C=O) groups excluding carboxylic acids is 1. The van der Waals surface area contributed by atoms with Crippen LogP contribution in [-0.4, -0.2) is 39.8 Å². The van der Waals surface area contributed by atoms with Gasteiger partial charge in [-0.15, -0.1) is 0 Å². The Morgan fingerprint density at radius 2 is 1.96 bits per heavy atom. The van der Waals surface area contributed by atoms with Gasteiger partial charge < -0.3 is 19.7 Å². The highest BCUT2D eigenvalue weighted by atomic mass is 35.5. The number of benzene rings is 2. The third-order valence-electron chi connectivity index (χ3n) is 3.44. The van der Waals surface area contributed by atoms with Gasteiger partial charge in [0.05, 0.1) is 19.8 Å². The quantitative estimate of drug-likeness (QED) is 0.765. The highest BCUT2D eigenvalue weighted by Crippen LogP contribution is 2.27. The zero-order chi connectivity index (χ0) is 17.4. The molecule has 1 amide bonds. The Kier molecular flexibility index (Phi) is 6.90. The van der Waals surface area contributed by atoms with Crippen molar-refractivity contribution in [1.29, 1.82) is 0 Å². The van der Waals surface area contributed by atoms with E-state index in [1.54, 1.807) is 25.3 Å². The average Bonchev–Trinajstić information content (AvgIpc) is 2.56. The molecule has 0 saturated carbocycles. The molecule has 24 heavy (non-hydrogen) atoms. The highest BCUT2D eigenvalue weighted by molar-refractivity contribution is 6.31. The predicted molar refractivity (Wildman–Crippen MR) is 95.2 cm³/mol. The van der Waals surface area contributed by atoms with Crippen molar-refractivity contribution in [3.05, 3.63) is 53.6 Å². The van der Waals surface area contributed by atoms with Crippen molar-refractivity contribution >= 4 is 23.2 Å². The maximum Gasteiger partial charge on any atom is 0.279 e. The van der Waals surface area contributed by atoms with Crippen LogP contribution in [0.3, 0.4) is 0 Å². The van der Waals surface area contributed by atoms with Crippen LogP contribution < -0.4 is 19.7 Å². The zero-order valence-corrected chi connectivity index (χ0v) is 14.6. The zero-order valence-electron chi connectivity index (χ0n) is 13.8. The second-order valence-electron chi connectivity index (χ2n) is 5.44. The maximum atomic E-state index is 12.2. The molecule has 0 aliphatic rings. The molecule has 0 spiro atoms. The summed E-state index contributed by atoms with van der Waals surface area (Å²) in [6.07, 6.45) is 0. The molecule has 5 nitrogen and oxygen atoms in total. The van der Waals surface area contributed by atoms with E-state index in [4.69, 9.17) is 21.1 Å². The van der Waals surface area contributed by atoms with Crippen molar-refractivity contribution in [2.24, 2.45) is 0 Å². The summed E-state index contributed by atoms with van der Waals surface area (Å²) >= 11 is 5.96. The fraction of sp³-hybridized carbons (Fsp3) is 0.278. The maximum absolute atomic E-state index is 12.2. The van der Waals surface area contributed by atoms with E-state index >= 15 is 0 Å². The third-order valence-corrected chi connectivity index (χ3v) is 3.67. The van der Waals surface area contributed by atoms with Gasteiger partial charge in [0.1, 0.15) is 24.7 Å². The second kappa shape index (κ2) is 9.15. The van der Waals surface area contributed by atoms with Gasteiger partial charge in [0.15, 0.2) is 6.54 Å². The first-order valence-electron chi connectivity index (χ1n) is 7.71. The van der Waals surface area contributed by atoms with E-state index in [0.717, 1.165) is 17.2 Å². The average molecular weight is 350 g/mol. The molecular weight excluding hydrogens is 328 g/mol. The van der Waals surface area contributed by atoms with E-state index in [2.05, 4.69) is 5.32 Å². The molecule has 2 rings (SSSR count). The number of likely N-dealkylation sites (N-methyl/N-ethyl adjacent to an activating group) is 1. The molecule has 0 bridgehead atoms. The fourth-order valence-electron chi connectivity index (χ4n) is 2.19. The lowest BCUT2D eigenvalue weighted by atomic mass is 10.3. The van der Waals surface area contributed by atoms with Gasteiger partial charge in [-0.3, -0.25) is 4.79 Å². The van der Waals surface area contributed by atoms with E-state index in [1.165, 1.54) is 0 Å². The number of hydrogen-bond acceptors (Lipinski definition) is 3. The first-order chi connectivity index (χ1) is 11.6. The van der Waals surface area contributed by atoms with Gasteiger partial charge >= 0.3 is 0 Å². The van der Waals surface area contributed by atoms with Crippen LogP contribution in [0, 0.1) is 0 Å². The molecule has 2 aromatic carbocycles. The molecule has 0 aliphatic carbocycles. The number of para-hydroxylation sites is 1. The molecule has 0 saturated heterocycles. The predicted octanol–water partition coefficient (Wildman–Crippen LogP) is 1.88. The van der Waals surface area contributed by atoms with Crippen molar-refractivity contribution in [3.63, 3.8) is 0 Å². The summed E-state index contributed by atoms with van der Waals surface area (Å²) in [6, 6.07) is 14.7. The Bertz CT molecular complexity index is 665. The van der Waals surface area contributed by atoms with E-state index in [9.17, 15) is 4.79 Å². The smallest absolute Gasteiger partial charge is 0.279 e. The van der Waals surface area contributed by atoms with Crippen LogP contribution in [-0.2, 0) is 4.79 Å². The topological polar surface area (TPSA) is 52.0 Å². The summed E-state index contributed by atoms with van der Waals surface area (Å²) < 4.78 is 10.9. The number of ether oxygens (including phenoxy) is 2. The minimum Gasteiger partial charge on any atom is -0.495 e. The monoisotopic (exact) mass is 349 g/mol. The van der Waals surface area contributed by atoms with Crippen LogP contribution in [0.5, 0.6) is 11.5 Å². The molecular formula is C18H22ClN2O3+. The van der Waals surface area contributed by atoms with Crippen LogP contribution in [0.2, 0.25) is 5.02 Å². The molecule has 128 valence electrons. The number of nitrogens with one attached hydrogen (secondary N) is 2. The molecule has 0 radical (unpaired) electrons. The molecule has 1 unspecified atom stereocenters. The standard InChI is InChI=1S/C18H21ClN2O3/c1-21(10-11-24-15-6-4-3-5-7-15)13-18(22)20-16-12-14(19)8-9-17(16)23-2/h3-9,12H,10-11,13H2,1-2H3,(H,20,22)/p+1. The summed E-state index contributed by atoms with van der Waals surface area (Å²) in [5, 5.41) is 3.38. The Hall–Kier alpha value is -2.24. The van der Waals surface area contributed by atoms with E-state index in [0.29, 0.717) is 29.6 Å². The molecule has 2 N–H and O–H groups in total. The van der Waals surface area contributed by atoms with Gasteiger partial charge in [-0.05, 0) is 30.3 Å². The first kappa shape index (κ1) is 18.1. The van der Waals surface area contributed by atoms with Crippen molar-refractivity contribution in [1.82, 2.24) is 0 Å². The fourth-order valence-corrected chi connectivity index (χ4v) is 2.37.